The summed E-state index contributed by atoms with van der Waals surface area (Å²) in [5.41, 5.74) is 0.198. The molecule has 1 heterocycles. The number of ether oxygens (including phenoxy) is 1. The van der Waals surface area contributed by atoms with Gasteiger partial charge in [0.2, 0.25) is 5.91 Å². The lowest BCUT2D eigenvalue weighted by molar-refractivity contribution is -0.140. The van der Waals surface area contributed by atoms with Gasteiger partial charge in [-0.25, -0.2) is 0 Å². The average molecular weight is 370 g/mol. The van der Waals surface area contributed by atoms with Gasteiger partial charge in [0, 0.05) is 17.7 Å². The van der Waals surface area contributed by atoms with E-state index in [9.17, 15) is 9.59 Å². The van der Waals surface area contributed by atoms with E-state index in [0.717, 1.165) is 10.0 Å². The number of halogens is 1. The fourth-order valence-corrected chi connectivity index (χ4v) is 2.93. The predicted molar refractivity (Wildman–Crippen MR) is 85.7 cm³/mol. The fourth-order valence-electron chi connectivity index (χ4n) is 2.67. The van der Waals surface area contributed by atoms with Crippen molar-refractivity contribution in [1.82, 2.24) is 5.32 Å². The van der Waals surface area contributed by atoms with Crippen LogP contribution in [-0.2, 0) is 14.3 Å². The van der Waals surface area contributed by atoms with Crippen molar-refractivity contribution in [2.24, 2.45) is 0 Å². The summed E-state index contributed by atoms with van der Waals surface area (Å²) >= 11 is 3.37. The molecule has 0 aromatic heterocycles. The minimum Gasteiger partial charge on any atom is -0.481 e. The van der Waals surface area contributed by atoms with Gasteiger partial charge in [-0.3, -0.25) is 9.59 Å². The van der Waals surface area contributed by atoms with Crippen molar-refractivity contribution in [3.63, 3.8) is 0 Å². The van der Waals surface area contributed by atoms with E-state index >= 15 is 0 Å². The van der Waals surface area contributed by atoms with Crippen LogP contribution in [0.5, 0.6) is 0 Å². The molecule has 1 aliphatic heterocycles. The lowest BCUT2D eigenvalue weighted by Gasteiger charge is -2.37. The third-order valence-electron chi connectivity index (χ3n) is 4.09. The quantitative estimate of drug-likeness (QED) is 0.836. The summed E-state index contributed by atoms with van der Waals surface area (Å²) in [7, 11) is 0. The summed E-state index contributed by atoms with van der Waals surface area (Å²) in [6, 6.07) is 7.56. The topological polar surface area (TPSA) is 75.6 Å². The predicted octanol–water partition coefficient (Wildman–Crippen LogP) is 2.69. The van der Waals surface area contributed by atoms with Crippen molar-refractivity contribution >= 4 is 27.8 Å². The number of carboxylic acids is 1. The maximum Gasteiger partial charge on any atom is 0.305 e. The minimum absolute atomic E-state index is 0.0742. The standard InChI is InChI=1S/C16H20BrNO4/c1-11(12-2-4-13(17)5-3-12)15(21)18-16(10-14(19)20)6-8-22-9-7-16/h2-5,11H,6-10H2,1H3,(H,18,21)(H,19,20). The van der Waals surface area contributed by atoms with Crippen LogP contribution < -0.4 is 5.32 Å². The van der Waals surface area contributed by atoms with Crippen LogP contribution in [0.2, 0.25) is 0 Å². The van der Waals surface area contributed by atoms with Crippen molar-refractivity contribution in [2.45, 2.75) is 37.6 Å². The number of rotatable bonds is 5. The number of amides is 1. The Balaban J connectivity index is 2.09. The molecule has 2 rings (SSSR count). The number of benzene rings is 1. The molecule has 0 spiro atoms. The van der Waals surface area contributed by atoms with E-state index in [1.807, 2.05) is 31.2 Å². The number of aliphatic carboxylic acids is 1. The van der Waals surface area contributed by atoms with Crippen molar-refractivity contribution in [3.8, 4) is 0 Å². The third-order valence-corrected chi connectivity index (χ3v) is 4.62. The minimum atomic E-state index is -0.904. The van der Waals surface area contributed by atoms with E-state index in [1.165, 1.54) is 0 Å². The van der Waals surface area contributed by atoms with Gasteiger partial charge in [0.05, 0.1) is 17.9 Å². The van der Waals surface area contributed by atoms with Crippen LogP contribution in [0.15, 0.2) is 28.7 Å². The van der Waals surface area contributed by atoms with Crippen LogP contribution in [0.4, 0.5) is 0 Å². The first-order valence-electron chi connectivity index (χ1n) is 7.29. The van der Waals surface area contributed by atoms with E-state index in [-0.39, 0.29) is 18.2 Å². The van der Waals surface area contributed by atoms with Crippen LogP contribution in [0.3, 0.4) is 0 Å². The highest BCUT2D eigenvalue weighted by atomic mass is 79.9. The first kappa shape index (κ1) is 17.0. The lowest BCUT2D eigenvalue weighted by Crippen LogP contribution is -2.54. The Morgan fingerprint density at radius 3 is 2.45 bits per heavy atom. The SMILES string of the molecule is CC(C(=O)NC1(CC(=O)O)CCOCC1)c1ccc(Br)cc1. The molecular weight excluding hydrogens is 350 g/mol. The van der Waals surface area contributed by atoms with Gasteiger partial charge in [0.1, 0.15) is 0 Å². The van der Waals surface area contributed by atoms with Gasteiger partial charge < -0.3 is 15.2 Å². The van der Waals surface area contributed by atoms with E-state index in [2.05, 4.69) is 21.2 Å². The number of carboxylic acid groups (broad SMARTS) is 1. The van der Waals surface area contributed by atoms with Crippen molar-refractivity contribution in [3.05, 3.63) is 34.3 Å². The Labute approximate surface area is 138 Å². The Morgan fingerprint density at radius 2 is 1.91 bits per heavy atom. The molecule has 5 nitrogen and oxygen atoms in total. The number of hydrogen-bond donors (Lipinski definition) is 2. The van der Waals surface area contributed by atoms with Crippen LogP contribution in [0, 0.1) is 0 Å². The van der Waals surface area contributed by atoms with Crippen LogP contribution in [0.25, 0.3) is 0 Å². The van der Waals surface area contributed by atoms with Gasteiger partial charge in [-0.15, -0.1) is 0 Å². The Bertz CT molecular complexity index is 538. The van der Waals surface area contributed by atoms with Gasteiger partial charge in [-0.1, -0.05) is 28.1 Å². The van der Waals surface area contributed by atoms with Gasteiger partial charge in [-0.05, 0) is 37.5 Å². The summed E-state index contributed by atoms with van der Waals surface area (Å²) < 4.78 is 6.25. The molecule has 1 saturated heterocycles. The Hall–Kier alpha value is -1.40. The van der Waals surface area contributed by atoms with Gasteiger partial charge in [0.25, 0.3) is 0 Å². The molecule has 22 heavy (non-hydrogen) atoms. The lowest BCUT2D eigenvalue weighted by atomic mass is 9.85. The second kappa shape index (κ2) is 7.24. The Kier molecular flexibility index (Phi) is 5.58. The highest BCUT2D eigenvalue weighted by molar-refractivity contribution is 9.10. The normalized spacial score (nSPS) is 18.5. The maximum atomic E-state index is 12.5. The van der Waals surface area contributed by atoms with Gasteiger partial charge in [0.15, 0.2) is 0 Å². The largest absolute Gasteiger partial charge is 0.481 e. The zero-order valence-corrected chi connectivity index (χ0v) is 14.1. The van der Waals surface area contributed by atoms with Gasteiger partial charge in [-0.2, -0.15) is 0 Å². The Morgan fingerprint density at radius 1 is 1.32 bits per heavy atom. The van der Waals surface area contributed by atoms with E-state index in [0.29, 0.717) is 26.1 Å². The summed E-state index contributed by atoms with van der Waals surface area (Å²) in [4.78, 5) is 23.7. The van der Waals surface area contributed by atoms with E-state index in [4.69, 9.17) is 9.84 Å². The number of carbonyl (C=O) groups excluding carboxylic acids is 1. The highest BCUT2D eigenvalue weighted by Crippen LogP contribution is 2.27. The number of nitrogens with one attached hydrogen (secondary N) is 1. The molecule has 1 fully saturated rings. The van der Waals surface area contributed by atoms with E-state index < -0.39 is 11.5 Å². The highest BCUT2D eigenvalue weighted by Gasteiger charge is 2.37. The first-order valence-corrected chi connectivity index (χ1v) is 8.08. The molecule has 0 saturated carbocycles. The maximum absolute atomic E-state index is 12.5. The monoisotopic (exact) mass is 369 g/mol. The summed E-state index contributed by atoms with van der Waals surface area (Å²) in [6.45, 7) is 2.77. The first-order chi connectivity index (χ1) is 10.4. The smallest absolute Gasteiger partial charge is 0.305 e. The second-order valence-corrected chi connectivity index (χ2v) is 6.64. The molecule has 120 valence electrons. The molecular formula is C16H20BrNO4. The molecule has 1 atom stereocenters. The number of carbonyl (C=O) groups is 2. The molecule has 0 radical (unpaired) electrons. The molecule has 1 aromatic rings. The summed E-state index contributed by atoms with van der Waals surface area (Å²) in [6.07, 6.45) is 0.978. The number of hydrogen-bond acceptors (Lipinski definition) is 3. The molecule has 1 aliphatic rings. The third kappa shape index (κ3) is 4.30. The van der Waals surface area contributed by atoms with Gasteiger partial charge >= 0.3 is 5.97 Å². The molecule has 1 unspecified atom stereocenters. The van der Waals surface area contributed by atoms with E-state index in [1.54, 1.807) is 0 Å². The fraction of sp³-hybridized carbons (Fsp3) is 0.500. The molecule has 2 N–H and O–H groups in total. The van der Waals surface area contributed by atoms with Crippen molar-refractivity contribution in [2.75, 3.05) is 13.2 Å². The van der Waals surface area contributed by atoms with Crippen molar-refractivity contribution < 1.29 is 19.4 Å². The molecule has 0 aliphatic carbocycles. The molecule has 1 aromatic carbocycles. The van der Waals surface area contributed by atoms with Crippen molar-refractivity contribution in [1.29, 1.82) is 0 Å². The molecule has 1 amide bonds. The summed E-state index contributed by atoms with van der Waals surface area (Å²) in [5, 5.41) is 12.1. The molecule has 6 heteroatoms. The summed E-state index contributed by atoms with van der Waals surface area (Å²) in [5.74, 6) is -1.38. The molecule has 0 bridgehead atoms. The van der Waals surface area contributed by atoms with Crippen LogP contribution >= 0.6 is 15.9 Å². The second-order valence-electron chi connectivity index (χ2n) is 5.73. The van der Waals surface area contributed by atoms with Crippen LogP contribution in [-0.4, -0.2) is 35.7 Å². The average Bonchev–Trinajstić information content (AvgIpc) is 2.47. The van der Waals surface area contributed by atoms with Crippen LogP contribution in [0.1, 0.15) is 37.7 Å². The zero-order chi connectivity index (χ0) is 16.2. The zero-order valence-electron chi connectivity index (χ0n) is 12.5.